The van der Waals surface area contributed by atoms with Gasteiger partial charge in [0.15, 0.2) is 0 Å². The van der Waals surface area contributed by atoms with Crippen molar-refractivity contribution in [3.63, 3.8) is 0 Å². The van der Waals surface area contributed by atoms with Gasteiger partial charge >= 0.3 is 0 Å². The predicted molar refractivity (Wildman–Crippen MR) is 94.8 cm³/mol. The molecule has 3 nitrogen and oxygen atoms in total. The first-order valence-corrected chi connectivity index (χ1v) is 7.98. The average molecular weight is 293 g/mol. The van der Waals surface area contributed by atoms with Crippen molar-refractivity contribution in [1.29, 1.82) is 0 Å². The highest BCUT2D eigenvalue weighted by atomic mass is 15.1. The van der Waals surface area contributed by atoms with Crippen molar-refractivity contribution in [2.24, 2.45) is 0 Å². The summed E-state index contributed by atoms with van der Waals surface area (Å²) in [6, 6.07) is 12.3. The van der Waals surface area contributed by atoms with Crippen molar-refractivity contribution in [1.82, 2.24) is 4.98 Å². The third-order valence-electron chi connectivity index (χ3n) is 4.06. The zero-order chi connectivity index (χ0) is 15.4. The van der Waals surface area contributed by atoms with E-state index < -0.39 is 0 Å². The minimum atomic E-state index is 0.790. The van der Waals surface area contributed by atoms with Crippen LogP contribution in [-0.4, -0.2) is 18.1 Å². The lowest BCUT2D eigenvalue weighted by atomic mass is 10.1. The van der Waals surface area contributed by atoms with Gasteiger partial charge in [-0.25, -0.2) is 0 Å². The molecule has 0 aliphatic carbocycles. The lowest BCUT2D eigenvalue weighted by Gasteiger charge is -2.29. The molecular weight excluding hydrogens is 270 g/mol. The van der Waals surface area contributed by atoms with Gasteiger partial charge < -0.3 is 10.6 Å². The molecular formula is C19H23N3. The van der Waals surface area contributed by atoms with Gasteiger partial charge in [-0.15, -0.1) is 0 Å². The first kappa shape index (κ1) is 14.6. The fraction of sp³-hybridized carbons (Fsp3) is 0.316. The zero-order valence-corrected chi connectivity index (χ0v) is 13.1. The standard InChI is InChI=1S/C19H23N3/c1-15-13-19(22-11-3-2-4-12-22)14-18(21-15)10-7-16-5-8-17(20)9-6-16/h5-10,13-14H,2-4,11-12,20H2,1H3/b10-7+. The van der Waals surface area contributed by atoms with Gasteiger partial charge in [0.1, 0.15) is 0 Å². The first-order valence-electron chi connectivity index (χ1n) is 7.98. The highest BCUT2D eigenvalue weighted by Gasteiger charge is 2.11. The van der Waals surface area contributed by atoms with Gasteiger partial charge in [-0.2, -0.15) is 0 Å². The number of nitrogen functional groups attached to an aromatic ring is 1. The largest absolute Gasteiger partial charge is 0.399 e. The highest BCUT2D eigenvalue weighted by Crippen LogP contribution is 2.22. The zero-order valence-electron chi connectivity index (χ0n) is 13.1. The van der Waals surface area contributed by atoms with Crippen LogP contribution in [0.4, 0.5) is 11.4 Å². The van der Waals surface area contributed by atoms with Crippen LogP contribution in [0.15, 0.2) is 36.4 Å². The van der Waals surface area contributed by atoms with Gasteiger partial charge in [-0.1, -0.05) is 18.2 Å². The predicted octanol–water partition coefficient (Wildman–Crippen LogP) is 4.13. The van der Waals surface area contributed by atoms with E-state index in [0.29, 0.717) is 0 Å². The van der Waals surface area contributed by atoms with Crippen molar-refractivity contribution in [2.45, 2.75) is 26.2 Å². The molecule has 1 aliphatic rings. The summed E-state index contributed by atoms with van der Waals surface area (Å²) in [4.78, 5) is 7.09. The molecule has 22 heavy (non-hydrogen) atoms. The molecule has 1 fully saturated rings. The number of nitrogens with zero attached hydrogens (tertiary/aromatic N) is 2. The van der Waals surface area contributed by atoms with Crippen molar-refractivity contribution in [3.05, 3.63) is 53.3 Å². The van der Waals surface area contributed by atoms with Crippen molar-refractivity contribution >= 4 is 23.5 Å². The minimum absolute atomic E-state index is 0.790. The molecule has 1 aliphatic heterocycles. The molecule has 0 saturated carbocycles. The number of aryl methyl sites for hydroxylation is 1. The Kier molecular flexibility index (Phi) is 4.42. The third kappa shape index (κ3) is 3.67. The van der Waals surface area contributed by atoms with E-state index in [1.165, 1.54) is 24.9 Å². The first-order chi connectivity index (χ1) is 10.7. The number of piperidine rings is 1. The van der Waals surface area contributed by atoms with Gasteiger partial charge in [0.2, 0.25) is 0 Å². The van der Waals surface area contributed by atoms with Crippen molar-refractivity contribution in [2.75, 3.05) is 23.7 Å². The second kappa shape index (κ2) is 6.65. The Hall–Kier alpha value is -2.29. The van der Waals surface area contributed by atoms with Gasteiger partial charge in [0.25, 0.3) is 0 Å². The quantitative estimate of drug-likeness (QED) is 0.865. The van der Waals surface area contributed by atoms with Crippen LogP contribution in [0.5, 0.6) is 0 Å². The van der Waals surface area contributed by atoms with Crippen molar-refractivity contribution < 1.29 is 0 Å². The number of rotatable bonds is 3. The number of aromatic nitrogens is 1. The van der Waals surface area contributed by atoms with E-state index in [1.807, 2.05) is 24.3 Å². The molecule has 114 valence electrons. The molecule has 2 heterocycles. The van der Waals surface area contributed by atoms with Crippen LogP contribution >= 0.6 is 0 Å². The van der Waals surface area contributed by atoms with E-state index in [9.17, 15) is 0 Å². The second-order valence-electron chi connectivity index (χ2n) is 5.94. The van der Waals surface area contributed by atoms with Gasteiger partial charge in [-0.3, -0.25) is 4.98 Å². The number of nitrogens with two attached hydrogens (primary N) is 1. The Bertz CT molecular complexity index is 653. The van der Waals surface area contributed by atoms with Gasteiger partial charge in [0, 0.05) is 30.2 Å². The molecule has 0 unspecified atom stereocenters. The molecule has 0 amide bonds. The molecule has 3 rings (SSSR count). The summed E-state index contributed by atoms with van der Waals surface area (Å²) in [5.41, 5.74) is 11.0. The number of hydrogen-bond acceptors (Lipinski definition) is 3. The number of pyridine rings is 1. The van der Waals surface area contributed by atoms with Crippen LogP contribution < -0.4 is 10.6 Å². The van der Waals surface area contributed by atoms with Crippen LogP contribution in [0.25, 0.3) is 12.2 Å². The summed E-state index contributed by atoms with van der Waals surface area (Å²) < 4.78 is 0. The Morgan fingerprint density at radius 1 is 1.00 bits per heavy atom. The summed E-state index contributed by atoms with van der Waals surface area (Å²) in [6.07, 6.45) is 8.09. The van der Waals surface area contributed by atoms with E-state index in [2.05, 4.69) is 41.1 Å². The summed E-state index contributed by atoms with van der Waals surface area (Å²) in [5.74, 6) is 0. The third-order valence-corrected chi connectivity index (χ3v) is 4.06. The smallest absolute Gasteiger partial charge is 0.0653 e. The molecule has 3 heteroatoms. The Labute approximate surface area is 132 Å². The molecule has 1 aromatic carbocycles. The van der Waals surface area contributed by atoms with Crippen molar-refractivity contribution in [3.8, 4) is 0 Å². The Morgan fingerprint density at radius 2 is 1.73 bits per heavy atom. The SMILES string of the molecule is Cc1cc(N2CCCCC2)cc(/C=C/c2ccc(N)cc2)n1. The maximum absolute atomic E-state index is 5.71. The Morgan fingerprint density at radius 3 is 2.45 bits per heavy atom. The molecule has 0 spiro atoms. The fourth-order valence-corrected chi connectivity index (χ4v) is 2.88. The number of anilines is 2. The molecule has 0 bridgehead atoms. The van der Waals surface area contributed by atoms with Gasteiger partial charge in [0.05, 0.1) is 5.69 Å². The molecule has 2 aromatic rings. The van der Waals surface area contributed by atoms with Crippen LogP contribution in [0, 0.1) is 6.92 Å². The lowest BCUT2D eigenvalue weighted by molar-refractivity contribution is 0.577. The van der Waals surface area contributed by atoms with E-state index in [0.717, 1.165) is 35.7 Å². The Balaban J connectivity index is 1.81. The maximum atomic E-state index is 5.71. The van der Waals surface area contributed by atoms with E-state index in [4.69, 9.17) is 5.73 Å². The van der Waals surface area contributed by atoms with E-state index in [-0.39, 0.29) is 0 Å². The van der Waals surface area contributed by atoms with Crippen LogP contribution in [0.1, 0.15) is 36.2 Å². The molecule has 1 aromatic heterocycles. The lowest BCUT2D eigenvalue weighted by Crippen LogP contribution is -2.29. The normalized spacial score (nSPS) is 15.4. The van der Waals surface area contributed by atoms with Gasteiger partial charge in [-0.05, 0) is 62.1 Å². The average Bonchev–Trinajstić information content (AvgIpc) is 2.55. The second-order valence-corrected chi connectivity index (χ2v) is 5.94. The number of benzene rings is 1. The summed E-state index contributed by atoms with van der Waals surface area (Å²) >= 11 is 0. The number of hydrogen-bond donors (Lipinski definition) is 1. The molecule has 0 radical (unpaired) electrons. The highest BCUT2D eigenvalue weighted by molar-refractivity contribution is 5.70. The maximum Gasteiger partial charge on any atom is 0.0653 e. The molecule has 2 N–H and O–H groups in total. The topological polar surface area (TPSA) is 42.1 Å². The summed E-state index contributed by atoms with van der Waals surface area (Å²) in [7, 11) is 0. The summed E-state index contributed by atoms with van der Waals surface area (Å²) in [6.45, 7) is 4.38. The van der Waals surface area contributed by atoms with Crippen LogP contribution in [0.3, 0.4) is 0 Å². The summed E-state index contributed by atoms with van der Waals surface area (Å²) in [5, 5.41) is 0. The van der Waals surface area contributed by atoms with E-state index >= 15 is 0 Å². The van der Waals surface area contributed by atoms with E-state index in [1.54, 1.807) is 0 Å². The van der Waals surface area contributed by atoms with Crippen LogP contribution in [0.2, 0.25) is 0 Å². The molecule has 0 atom stereocenters. The fourth-order valence-electron chi connectivity index (χ4n) is 2.88. The minimum Gasteiger partial charge on any atom is -0.399 e. The monoisotopic (exact) mass is 293 g/mol. The molecule has 1 saturated heterocycles. The van der Waals surface area contributed by atoms with Crippen LogP contribution in [-0.2, 0) is 0 Å².